The SMILES string of the molecule is CCC[CH2][Sn]([CH2]CCC)([CH2]CCC)[C]1=C[C@@H]2O[Si](C(C)(C)C)(C(C)(C)C)OC[C@H]2S1. The van der Waals surface area contributed by atoms with Crippen LogP contribution in [0.2, 0.25) is 23.4 Å². The van der Waals surface area contributed by atoms with Crippen molar-refractivity contribution in [3.05, 3.63) is 9.00 Å². The van der Waals surface area contributed by atoms with E-state index in [1.807, 2.05) is 2.92 Å². The monoisotopic (exact) mass is 562 g/mol. The van der Waals surface area contributed by atoms with E-state index in [4.69, 9.17) is 8.85 Å². The van der Waals surface area contributed by atoms with E-state index < -0.39 is 26.9 Å². The van der Waals surface area contributed by atoms with E-state index in [1.54, 1.807) is 13.3 Å². The average Bonchev–Trinajstić information content (AvgIpc) is 3.09. The van der Waals surface area contributed by atoms with Gasteiger partial charge >= 0.3 is 199 Å². The quantitative estimate of drug-likeness (QED) is 0.248. The van der Waals surface area contributed by atoms with Crippen LogP contribution in [0.3, 0.4) is 0 Å². The minimum absolute atomic E-state index is 0.0739. The number of thioether (sulfide) groups is 1. The Hall–Kier alpha value is 1.03. The van der Waals surface area contributed by atoms with Crippen LogP contribution >= 0.6 is 11.8 Å². The van der Waals surface area contributed by atoms with E-state index in [0.717, 1.165) is 6.61 Å². The number of unbranched alkanes of at least 4 members (excludes halogenated alkanes) is 3. The molecule has 176 valence electrons. The molecule has 0 amide bonds. The predicted molar refractivity (Wildman–Crippen MR) is 140 cm³/mol. The Morgan fingerprint density at radius 3 is 1.77 bits per heavy atom. The van der Waals surface area contributed by atoms with Crippen LogP contribution in [-0.4, -0.2) is 44.9 Å². The second-order valence-corrected chi connectivity index (χ2v) is 32.0. The maximum atomic E-state index is 7.12. The second kappa shape index (κ2) is 11.0. The molecular weight excluding hydrogens is 511 g/mol. The summed E-state index contributed by atoms with van der Waals surface area (Å²) < 4.78 is 20.4. The number of rotatable bonds is 10. The van der Waals surface area contributed by atoms with Crippen molar-refractivity contribution in [1.29, 1.82) is 0 Å². The molecule has 0 aromatic heterocycles. The van der Waals surface area contributed by atoms with Crippen molar-refractivity contribution >= 4 is 38.7 Å². The van der Waals surface area contributed by atoms with Gasteiger partial charge in [-0.3, -0.25) is 0 Å². The van der Waals surface area contributed by atoms with Gasteiger partial charge in [-0.15, -0.1) is 0 Å². The standard InChI is InChI=1S/C13H23O2SSi.3C4H9.Sn/c1-12(2,3)17(13(4,5)6)14-9-11-10(15-17)7-8-16-11;3*1-3-4-2;/h7,10-11H,9H2,1-6H3;3*1,3-4H2,2H3;/t10-,11+;;;;/m0..../s1. The Labute approximate surface area is 197 Å². The maximum absolute atomic E-state index is 7.12. The summed E-state index contributed by atoms with van der Waals surface area (Å²) in [5, 5.41) is 0.640. The van der Waals surface area contributed by atoms with Crippen LogP contribution in [0.5, 0.6) is 0 Å². The van der Waals surface area contributed by atoms with Crippen LogP contribution < -0.4 is 0 Å². The third-order valence-electron chi connectivity index (χ3n) is 7.24. The molecule has 0 bridgehead atoms. The first-order chi connectivity index (χ1) is 14.0. The molecule has 0 unspecified atom stereocenters. The first kappa shape index (κ1) is 27.3. The molecular formula is C25H50O2SSiSn. The van der Waals surface area contributed by atoms with Gasteiger partial charge in [-0.25, -0.2) is 0 Å². The van der Waals surface area contributed by atoms with E-state index in [1.165, 1.54) is 38.5 Å². The van der Waals surface area contributed by atoms with Crippen molar-refractivity contribution in [3.63, 3.8) is 0 Å². The average molecular weight is 562 g/mol. The molecule has 0 saturated carbocycles. The van der Waals surface area contributed by atoms with Crippen molar-refractivity contribution in [3.8, 4) is 0 Å². The van der Waals surface area contributed by atoms with Gasteiger partial charge in [-0.05, 0) is 0 Å². The van der Waals surface area contributed by atoms with Crippen molar-refractivity contribution in [1.82, 2.24) is 0 Å². The Bertz CT molecular complexity index is 543. The van der Waals surface area contributed by atoms with Crippen LogP contribution in [0.1, 0.15) is 101 Å². The molecule has 2 heterocycles. The summed E-state index contributed by atoms with van der Waals surface area (Å²) in [5.74, 6) is 0. The fraction of sp³-hybridized carbons (Fsp3) is 0.920. The normalized spacial score (nSPS) is 24.6. The van der Waals surface area contributed by atoms with Crippen molar-refractivity contribution in [2.45, 2.75) is 136 Å². The molecule has 2 aliphatic heterocycles. The number of fused-ring (bicyclic) bond motifs is 1. The van der Waals surface area contributed by atoms with Crippen LogP contribution in [0.15, 0.2) is 9.00 Å². The topological polar surface area (TPSA) is 18.5 Å². The molecule has 0 N–H and O–H groups in total. The summed E-state index contributed by atoms with van der Waals surface area (Å²) in [7, 11) is -2.37. The molecule has 0 aromatic carbocycles. The van der Waals surface area contributed by atoms with Gasteiger partial charge in [-0.1, -0.05) is 0 Å². The van der Waals surface area contributed by atoms with Gasteiger partial charge in [0, 0.05) is 0 Å². The molecule has 5 heteroatoms. The molecule has 0 radical (unpaired) electrons. The van der Waals surface area contributed by atoms with Gasteiger partial charge in [0.15, 0.2) is 0 Å². The summed E-state index contributed by atoms with van der Waals surface area (Å²) in [6, 6.07) is 0. The molecule has 2 aliphatic rings. The summed E-state index contributed by atoms with van der Waals surface area (Å²) in [6.45, 7) is 22.0. The van der Waals surface area contributed by atoms with Crippen molar-refractivity contribution in [2.24, 2.45) is 0 Å². The first-order valence-electron chi connectivity index (χ1n) is 12.7. The van der Waals surface area contributed by atoms with Gasteiger partial charge in [0.25, 0.3) is 0 Å². The zero-order chi connectivity index (χ0) is 22.6. The zero-order valence-electron chi connectivity index (χ0n) is 21.5. The van der Waals surface area contributed by atoms with E-state index >= 15 is 0 Å². The van der Waals surface area contributed by atoms with Crippen molar-refractivity contribution < 1.29 is 8.85 Å². The predicted octanol–water partition coefficient (Wildman–Crippen LogP) is 8.83. The van der Waals surface area contributed by atoms with Crippen LogP contribution in [0, 0.1) is 0 Å². The van der Waals surface area contributed by atoms with Crippen LogP contribution in [0.25, 0.3) is 0 Å². The summed E-state index contributed by atoms with van der Waals surface area (Å²) in [5.41, 5.74) is 0. The number of hydrogen-bond donors (Lipinski definition) is 0. The van der Waals surface area contributed by atoms with Crippen LogP contribution in [0.4, 0.5) is 0 Å². The third-order valence-corrected chi connectivity index (χ3v) is 32.1. The van der Waals surface area contributed by atoms with E-state index in [-0.39, 0.29) is 16.2 Å². The van der Waals surface area contributed by atoms with Gasteiger partial charge in [-0.2, -0.15) is 0 Å². The van der Waals surface area contributed by atoms with E-state index in [9.17, 15) is 0 Å². The van der Waals surface area contributed by atoms with E-state index in [0.29, 0.717) is 5.25 Å². The fourth-order valence-corrected chi connectivity index (χ4v) is 32.1. The van der Waals surface area contributed by atoms with E-state index in [2.05, 4.69) is 80.2 Å². The molecule has 30 heavy (non-hydrogen) atoms. The van der Waals surface area contributed by atoms with Gasteiger partial charge < -0.3 is 0 Å². The summed E-state index contributed by atoms with van der Waals surface area (Å²) >= 11 is -0.173. The van der Waals surface area contributed by atoms with Gasteiger partial charge in [0.1, 0.15) is 0 Å². The Morgan fingerprint density at radius 2 is 1.37 bits per heavy atom. The molecule has 0 aliphatic carbocycles. The molecule has 1 saturated heterocycles. The second-order valence-electron chi connectivity index (χ2n) is 11.8. The zero-order valence-corrected chi connectivity index (χ0v) is 26.2. The minimum atomic E-state index is -2.37. The molecule has 1 fully saturated rings. The number of hydrogen-bond acceptors (Lipinski definition) is 3. The molecule has 0 spiro atoms. The molecule has 0 aromatic rings. The van der Waals surface area contributed by atoms with Gasteiger partial charge in [0.05, 0.1) is 0 Å². The van der Waals surface area contributed by atoms with Gasteiger partial charge in [0.2, 0.25) is 0 Å². The third kappa shape index (κ3) is 5.74. The van der Waals surface area contributed by atoms with Crippen LogP contribution in [-0.2, 0) is 8.85 Å². The first-order valence-corrected chi connectivity index (χ1v) is 22.8. The molecule has 2 atom stereocenters. The Kier molecular flexibility index (Phi) is 9.97. The Balaban J connectivity index is 2.37. The molecule has 2 nitrogen and oxygen atoms in total. The Morgan fingerprint density at radius 1 is 0.900 bits per heavy atom. The molecule has 2 rings (SSSR count). The summed E-state index contributed by atoms with van der Waals surface area (Å²) in [6.07, 6.45) is 11.2. The van der Waals surface area contributed by atoms with Crippen molar-refractivity contribution in [2.75, 3.05) is 6.61 Å². The fourth-order valence-electron chi connectivity index (χ4n) is 5.69. The summed E-state index contributed by atoms with van der Waals surface area (Å²) in [4.78, 5) is 0.